The second-order valence-electron chi connectivity index (χ2n) is 6.30. The van der Waals surface area contributed by atoms with Gasteiger partial charge in [0.05, 0.1) is 11.3 Å². The molecule has 24 heavy (non-hydrogen) atoms. The molecule has 0 radical (unpaired) electrons. The van der Waals surface area contributed by atoms with E-state index >= 15 is 0 Å². The Labute approximate surface area is 142 Å². The van der Waals surface area contributed by atoms with Crippen LogP contribution < -0.4 is 5.32 Å². The minimum Gasteiger partial charge on any atom is -0.449 e. The number of nitrogens with one attached hydrogen (secondary N) is 1. The van der Waals surface area contributed by atoms with Crippen LogP contribution in [0, 0.1) is 0 Å². The Morgan fingerprint density at radius 2 is 1.79 bits per heavy atom. The van der Waals surface area contributed by atoms with Crippen molar-refractivity contribution in [3.63, 3.8) is 0 Å². The van der Waals surface area contributed by atoms with Crippen molar-refractivity contribution in [1.82, 2.24) is 5.32 Å². The molecule has 0 aromatic heterocycles. The van der Waals surface area contributed by atoms with Crippen molar-refractivity contribution in [3.8, 4) is 0 Å². The zero-order valence-corrected chi connectivity index (χ0v) is 14.8. The lowest BCUT2D eigenvalue weighted by Crippen LogP contribution is -2.40. The highest BCUT2D eigenvalue weighted by atomic mass is 32.2. The van der Waals surface area contributed by atoms with Crippen molar-refractivity contribution in [3.05, 3.63) is 35.4 Å². The molecule has 1 aliphatic carbocycles. The van der Waals surface area contributed by atoms with Crippen LogP contribution >= 0.6 is 0 Å². The van der Waals surface area contributed by atoms with Crippen LogP contribution in [0.15, 0.2) is 24.3 Å². The van der Waals surface area contributed by atoms with Gasteiger partial charge in [0.2, 0.25) is 0 Å². The molecule has 1 aromatic rings. The highest BCUT2D eigenvalue weighted by Crippen LogP contribution is 2.18. The van der Waals surface area contributed by atoms with Crippen LogP contribution in [0.4, 0.5) is 0 Å². The Morgan fingerprint density at radius 3 is 2.33 bits per heavy atom. The summed E-state index contributed by atoms with van der Waals surface area (Å²) in [6.07, 6.45) is 4.44. The van der Waals surface area contributed by atoms with E-state index in [2.05, 4.69) is 5.32 Å². The van der Waals surface area contributed by atoms with Crippen molar-refractivity contribution in [2.24, 2.45) is 0 Å². The molecule has 6 nitrogen and oxygen atoms in total. The van der Waals surface area contributed by atoms with Crippen LogP contribution in [0.3, 0.4) is 0 Å². The molecule has 132 valence electrons. The minimum atomic E-state index is -3.12. The van der Waals surface area contributed by atoms with Gasteiger partial charge in [0.25, 0.3) is 5.91 Å². The Morgan fingerprint density at radius 1 is 1.21 bits per heavy atom. The second kappa shape index (κ2) is 7.79. The van der Waals surface area contributed by atoms with Gasteiger partial charge in [-0.15, -0.1) is 0 Å². The summed E-state index contributed by atoms with van der Waals surface area (Å²) in [7, 11) is -3.12. The summed E-state index contributed by atoms with van der Waals surface area (Å²) in [4.78, 5) is 24.1. The average Bonchev–Trinajstić information content (AvgIpc) is 2.99. The molecule has 0 bridgehead atoms. The Bertz CT molecular complexity index is 690. The number of sulfone groups is 1. The lowest BCUT2D eigenvalue weighted by atomic mass is 10.1. The molecule has 0 aliphatic heterocycles. The molecule has 1 aromatic carbocycles. The first-order chi connectivity index (χ1) is 11.2. The molecule has 1 saturated carbocycles. The average molecular weight is 353 g/mol. The molecule has 7 heteroatoms. The lowest BCUT2D eigenvalue weighted by molar-refractivity contribution is -0.129. The number of carbonyl (C=O) groups is 2. The van der Waals surface area contributed by atoms with Crippen molar-refractivity contribution >= 4 is 21.7 Å². The first-order valence-electron chi connectivity index (χ1n) is 8.02. The predicted molar refractivity (Wildman–Crippen MR) is 90.3 cm³/mol. The molecular formula is C17H23NO5S. The topological polar surface area (TPSA) is 89.5 Å². The summed E-state index contributed by atoms with van der Waals surface area (Å²) < 4.78 is 27.7. The Balaban J connectivity index is 1.89. The minimum absolute atomic E-state index is 0.0808. The van der Waals surface area contributed by atoms with Gasteiger partial charge in [-0.05, 0) is 37.5 Å². The maximum atomic E-state index is 12.1. The summed E-state index contributed by atoms with van der Waals surface area (Å²) >= 11 is 0. The summed E-state index contributed by atoms with van der Waals surface area (Å²) in [5.74, 6) is -0.971. The van der Waals surface area contributed by atoms with E-state index in [4.69, 9.17) is 4.74 Å². The summed E-state index contributed by atoms with van der Waals surface area (Å²) in [6, 6.07) is 6.32. The van der Waals surface area contributed by atoms with E-state index < -0.39 is 21.9 Å². The van der Waals surface area contributed by atoms with Crippen LogP contribution in [-0.2, 0) is 25.1 Å². The largest absolute Gasteiger partial charge is 0.449 e. The van der Waals surface area contributed by atoms with Crippen molar-refractivity contribution < 1.29 is 22.7 Å². The van der Waals surface area contributed by atoms with Gasteiger partial charge in [-0.25, -0.2) is 13.2 Å². The van der Waals surface area contributed by atoms with E-state index in [0.29, 0.717) is 5.56 Å². The number of benzene rings is 1. The molecular weight excluding hydrogens is 330 g/mol. The standard InChI is InChI=1S/C17H23NO5S/c1-12(16(19)18-15-5-3-4-6-15)23-17(20)14-9-7-13(8-10-14)11-24(2,21)22/h7-10,12,15H,3-6,11H2,1-2H3,(H,18,19)/t12-/m0/s1. The lowest BCUT2D eigenvalue weighted by Gasteiger charge is -2.17. The van der Waals surface area contributed by atoms with Gasteiger partial charge in [-0.2, -0.15) is 0 Å². The van der Waals surface area contributed by atoms with E-state index in [1.807, 2.05) is 0 Å². The Kier molecular flexibility index (Phi) is 5.99. The summed E-state index contributed by atoms with van der Waals surface area (Å²) in [6.45, 7) is 1.54. The highest BCUT2D eigenvalue weighted by Gasteiger charge is 2.23. The number of hydrogen-bond acceptors (Lipinski definition) is 5. The second-order valence-corrected chi connectivity index (χ2v) is 8.44. The monoisotopic (exact) mass is 353 g/mol. The number of hydrogen-bond donors (Lipinski definition) is 1. The van der Waals surface area contributed by atoms with Gasteiger partial charge in [0.15, 0.2) is 15.9 Å². The third-order valence-electron chi connectivity index (χ3n) is 3.97. The van der Waals surface area contributed by atoms with Gasteiger partial charge >= 0.3 is 5.97 Å². The fraction of sp³-hybridized carbons (Fsp3) is 0.529. The van der Waals surface area contributed by atoms with Gasteiger partial charge in [-0.1, -0.05) is 25.0 Å². The Hall–Kier alpha value is -1.89. The highest BCUT2D eigenvalue weighted by molar-refractivity contribution is 7.89. The maximum absolute atomic E-state index is 12.1. The molecule has 1 amide bonds. The first-order valence-corrected chi connectivity index (χ1v) is 10.1. The molecule has 0 spiro atoms. The first kappa shape index (κ1) is 18.4. The number of ether oxygens (including phenoxy) is 1. The third-order valence-corrected chi connectivity index (χ3v) is 4.83. The van der Waals surface area contributed by atoms with Gasteiger partial charge in [-0.3, -0.25) is 4.79 Å². The molecule has 2 rings (SSSR count). The molecule has 1 fully saturated rings. The van der Waals surface area contributed by atoms with E-state index in [-0.39, 0.29) is 23.3 Å². The third kappa shape index (κ3) is 5.63. The molecule has 0 heterocycles. The van der Waals surface area contributed by atoms with Crippen molar-refractivity contribution in [2.75, 3.05) is 6.26 Å². The number of carbonyl (C=O) groups excluding carboxylic acids is 2. The summed E-state index contributed by atoms with van der Waals surface area (Å²) in [5.41, 5.74) is 0.883. The quantitative estimate of drug-likeness (QED) is 0.788. The fourth-order valence-corrected chi connectivity index (χ4v) is 3.51. The van der Waals surface area contributed by atoms with E-state index in [0.717, 1.165) is 31.9 Å². The van der Waals surface area contributed by atoms with Crippen LogP contribution in [0.2, 0.25) is 0 Å². The van der Waals surface area contributed by atoms with Crippen LogP contribution in [0.5, 0.6) is 0 Å². The number of amides is 1. The molecule has 0 saturated heterocycles. The number of esters is 1. The van der Waals surface area contributed by atoms with E-state index in [9.17, 15) is 18.0 Å². The van der Waals surface area contributed by atoms with Crippen LogP contribution in [0.1, 0.15) is 48.5 Å². The van der Waals surface area contributed by atoms with Crippen molar-refractivity contribution in [2.45, 2.75) is 50.5 Å². The normalized spacial score (nSPS) is 16.6. The number of rotatable bonds is 6. The fourth-order valence-electron chi connectivity index (χ4n) is 2.71. The van der Waals surface area contributed by atoms with Crippen LogP contribution in [0.25, 0.3) is 0 Å². The van der Waals surface area contributed by atoms with E-state index in [1.165, 1.54) is 12.1 Å². The predicted octanol–water partition coefficient (Wildman–Crippen LogP) is 1.84. The van der Waals surface area contributed by atoms with Crippen molar-refractivity contribution in [1.29, 1.82) is 0 Å². The molecule has 1 N–H and O–H groups in total. The summed E-state index contributed by atoms with van der Waals surface area (Å²) in [5, 5.41) is 2.89. The smallest absolute Gasteiger partial charge is 0.338 e. The van der Waals surface area contributed by atoms with Gasteiger partial charge in [0, 0.05) is 12.3 Å². The molecule has 0 unspecified atom stereocenters. The maximum Gasteiger partial charge on any atom is 0.338 e. The molecule has 1 atom stereocenters. The zero-order valence-electron chi connectivity index (χ0n) is 13.9. The van der Waals surface area contributed by atoms with Gasteiger partial charge < -0.3 is 10.1 Å². The van der Waals surface area contributed by atoms with Crippen LogP contribution in [-0.4, -0.2) is 38.7 Å². The van der Waals surface area contributed by atoms with E-state index in [1.54, 1.807) is 19.1 Å². The SMILES string of the molecule is C[C@H](OC(=O)c1ccc(CS(C)(=O)=O)cc1)C(=O)NC1CCCC1. The zero-order chi connectivity index (χ0) is 17.7. The molecule has 1 aliphatic rings. The van der Waals surface area contributed by atoms with Gasteiger partial charge in [0.1, 0.15) is 0 Å².